The fourth-order valence-electron chi connectivity index (χ4n) is 3.50. The van der Waals surface area contributed by atoms with Crippen LogP contribution in [0.5, 0.6) is 0 Å². The first-order chi connectivity index (χ1) is 14.9. The fourth-order valence-corrected chi connectivity index (χ4v) is 4.43. The molecule has 6 nitrogen and oxygen atoms in total. The summed E-state index contributed by atoms with van der Waals surface area (Å²) in [7, 11) is -1.14. The molecule has 1 aliphatic rings. The van der Waals surface area contributed by atoms with Gasteiger partial charge in [0.05, 0.1) is 16.0 Å². The van der Waals surface area contributed by atoms with Gasteiger partial charge in [-0.1, -0.05) is 0 Å². The number of sulfonamides is 1. The van der Waals surface area contributed by atoms with E-state index in [1.165, 1.54) is 32.3 Å². The van der Waals surface area contributed by atoms with Gasteiger partial charge in [0, 0.05) is 38.6 Å². The number of anilines is 2. The van der Waals surface area contributed by atoms with Gasteiger partial charge in [-0.2, -0.15) is 13.2 Å². The third-order valence-electron chi connectivity index (χ3n) is 5.22. The molecule has 0 radical (unpaired) electrons. The van der Waals surface area contributed by atoms with E-state index in [0.29, 0.717) is 30.9 Å². The van der Waals surface area contributed by atoms with E-state index < -0.39 is 33.5 Å². The van der Waals surface area contributed by atoms with Crippen LogP contribution in [-0.2, 0) is 16.2 Å². The third-order valence-corrected chi connectivity index (χ3v) is 7.03. The number of hydrogen-bond acceptors (Lipinski definition) is 4. The molecule has 32 heavy (non-hydrogen) atoms. The first-order valence-electron chi connectivity index (χ1n) is 9.91. The zero-order valence-electron chi connectivity index (χ0n) is 17.5. The summed E-state index contributed by atoms with van der Waals surface area (Å²) >= 11 is 0. The maximum absolute atomic E-state index is 13.6. The smallest absolute Gasteiger partial charge is 0.371 e. The minimum absolute atomic E-state index is 0.00714. The molecule has 2 aromatic rings. The lowest BCUT2D eigenvalue weighted by atomic mass is 10.1. The number of benzene rings is 2. The number of nitrogens with one attached hydrogen (secondary N) is 1. The molecule has 1 heterocycles. The highest BCUT2D eigenvalue weighted by Gasteiger charge is 2.34. The quantitative estimate of drug-likeness (QED) is 0.656. The summed E-state index contributed by atoms with van der Waals surface area (Å²) in [4.78, 5) is 14.9. The second-order valence-electron chi connectivity index (χ2n) is 7.66. The molecular formula is C21H23F4N3O3S. The zero-order valence-corrected chi connectivity index (χ0v) is 18.4. The normalized spacial score (nSPS) is 15.2. The lowest BCUT2D eigenvalue weighted by Gasteiger charge is -2.30. The maximum atomic E-state index is 13.6. The van der Waals surface area contributed by atoms with E-state index in [-0.39, 0.29) is 16.1 Å². The van der Waals surface area contributed by atoms with Gasteiger partial charge in [0.15, 0.2) is 0 Å². The zero-order chi connectivity index (χ0) is 23.7. The van der Waals surface area contributed by atoms with E-state index in [4.69, 9.17) is 0 Å². The highest BCUT2D eigenvalue weighted by Crippen LogP contribution is 2.34. The van der Waals surface area contributed by atoms with Gasteiger partial charge in [-0.25, -0.2) is 17.1 Å². The topological polar surface area (TPSA) is 69.7 Å². The SMILES string of the molecule is CN(C)S(=O)(=O)c1ccc(N2CCCCC2)c(C(=O)Nc2ccc(F)c(C(F)(F)F)c2)c1. The van der Waals surface area contributed by atoms with E-state index >= 15 is 0 Å². The number of piperidine rings is 1. The number of amides is 1. The lowest BCUT2D eigenvalue weighted by molar-refractivity contribution is -0.139. The van der Waals surface area contributed by atoms with Crippen molar-refractivity contribution < 1.29 is 30.8 Å². The minimum atomic E-state index is -4.93. The van der Waals surface area contributed by atoms with E-state index in [1.807, 2.05) is 4.90 Å². The largest absolute Gasteiger partial charge is 0.419 e. The first-order valence-corrected chi connectivity index (χ1v) is 11.3. The number of nitrogens with zero attached hydrogens (tertiary/aromatic N) is 2. The van der Waals surface area contributed by atoms with E-state index in [2.05, 4.69) is 5.32 Å². The molecule has 0 saturated carbocycles. The molecule has 0 unspecified atom stereocenters. The van der Waals surface area contributed by atoms with Crippen LogP contribution in [0.4, 0.5) is 28.9 Å². The molecule has 0 atom stereocenters. The van der Waals surface area contributed by atoms with Crippen molar-refractivity contribution in [2.45, 2.75) is 30.3 Å². The van der Waals surface area contributed by atoms with Crippen LogP contribution in [0.15, 0.2) is 41.3 Å². The Labute approximate surface area is 183 Å². The average Bonchev–Trinajstić information content (AvgIpc) is 2.74. The van der Waals surface area contributed by atoms with Gasteiger partial charge in [-0.05, 0) is 55.7 Å². The summed E-state index contributed by atoms with van der Waals surface area (Å²) in [6.45, 7) is 1.32. The number of hydrogen-bond donors (Lipinski definition) is 1. The summed E-state index contributed by atoms with van der Waals surface area (Å²) in [5.41, 5.74) is -1.27. The molecule has 1 saturated heterocycles. The maximum Gasteiger partial charge on any atom is 0.419 e. The molecule has 174 valence electrons. The molecule has 0 bridgehead atoms. The first kappa shape index (κ1) is 24.0. The summed E-state index contributed by atoms with van der Waals surface area (Å²) in [5, 5.41) is 2.34. The standard InChI is InChI=1S/C21H23F4N3O3S/c1-27(2)32(30,31)15-7-9-19(28-10-4-3-5-11-28)16(13-15)20(29)26-14-6-8-18(22)17(12-14)21(23,24)25/h6-9,12-13H,3-5,10-11H2,1-2H3,(H,26,29). The predicted octanol–water partition coefficient (Wildman–Crippen LogP) is 4.34. The van der Waals surface area contributed by atoms with Crippen molar-refractivity contribution in [3.8, 4) is 0 Å². The Hall–Kier alpha value is -2.66. The van der Waals surface area contributed by atoms with Crippen LogP contribution in [0.3, 0.4) is 0 Å². The Morgan fingerprint density at radius 3 is 2.28 bits per heavy atom. The van der Waals surface area contributed by atoms with Crippen molar-refractivity contribution in [1.29, 1.82) is 0 Å². The molecule has 1 N–H and O–H groups in total. The van der Waals surface area contributed by atoms with Crippen molar-refractivity contribution in [2.75, 3.05) is 37.4 Å². The van der Waals surface area contributed by atoms with Crippen molar-refractivity contribution >= 4 is 27.3 Å². The predicted molar refractivity (Wildman–Crippen MR) is 113 cm³/mol. The van der Waals surface area contributed by atoms with Gasteiger partial charge in [0.1, 0.15) is 5.82 Å². The van der Waals surface area contributed by atoms with Gasteiger partial charge in [0.25, 0.3) is 5.91 Å². The summed E-state index contributed by atoms with van der Waals surface area (Å²) in [6.07, 6.45) is -2.11. The summed E-state index contributed by atoms with van der Waals surface area (Å²) in [5.74, 6) is -2.25. The lowest BCUT2D eigenvalue weighted by Crippen LogP contribution is -2.32. The van der Waals surface area contributed by atoms with Crippen LogP contribution >= 0.6 is 0 Å². The Kier molecular flexibility index (Phi) is 6.80. The van der Waals surface area contributed by atoms with Crippen LogP contribution < -0.4 is 10.2 Å². The molecule has 2 aromatic carbocycles. The second-order valence-corrected chi connectivity index (χ2v) is 9.81. The minimum Gasteiger partial charge on any atom is -0.371 e. The summed E-state index contributed by atoms with van der Waals surface area (Å²) in [6, 6.07) is 6.29. The molecule has 1 fully saturated rings. The Morgan fingerprint density at radius 2 is 1.69 bits per heavy atom. The fraction of sp³-hybridized carbons (Fsp3) is 0.381. The second kappa shape index (κ2) is 9.07. The van der Waals surface area contributed by atoms with Gasteiger partial charge in [-0.15, -0.1) is 0 Å². The van der Waals surface area contributed by atoms with Crippen molar-refractivity contribution in [2.24, 2.45) is 0 Å². The number of carbonyl (C=O) groups excluding carboxylic acids is 1. The molecule has 11 heteroatoms. The molecular weight excluding hydrogens is 450 g/mol. The van der Waals surface area contributed by atoms with E-state index in [1.54, 1.807) is 0 Å². The Balaban J connectivity index is 2.03. The highest BCUT2D eigenvalue weighted by molar-refractivity contribution is 7.89. The average molecular weight is 473 g/mol. The van der Waals surface area contributed by atoms with Crippen LogP contribution in [0.25, 0.3) is 0 Å². The number of alkyl halides is 3. The summed E-state index contributed by atoms with van der Waals surface area (Å²) < 4.78 is 78.8. The Morgan fingerprint density at radius 1 is 1.03 bits per heavy atom. The third kappa shape index (κ3) is 5.04. The monoisotopic (exact) mass is 473 g/mol. The number of halogens is 4. The van der Waals surface area contributed by atoms with Crippen LogP contribution in [0, 0.1) is 5.82 Å². The van der Waals surface area contributed by atoms with Crippen LogP contribution in [0.1, 0.15) is 35.2 Å². The van der Waals surface area contributed by atoms with Gasteiger partial charge >= 0.3 is 6.18 Å². The molecule has 0 spiro atoms. The van der Waals surface area contributed by atoms with Gasteiger partial charge < -0.3 is 10.2 Å². The van der Waals surface area contributed by atoms with Crippen molar-refractivity contribution in [3.05, 3.63) is 53.3 Å². The molecule has 0 aromatic heterocycles. The number of rotatable bonds is 5. The van der Waals surface area contributed by atoms with Crippen LogP contribution in [0.2, 0.25) is 0 Å². The van der Waals surface area contributed by atoms with Crippen molar-refractivity contribution in [3.63, 3.8) is 0 Å². The van der Waals surface area contributed by atoms with Gasteiger partial charge in [-0.3, -0.25) is 4.79 Å². The van der Waals surface area contributed by atoms with Crippen molar-refractivity contribution in [1.82, 2.24) is 4.31 Å². The molecule has 3 rings (SSSR count). The molecule has 0 aliphatic carbocycles. The van der Waals surface area contributed by atoms with Gasteiger partial charge in [0.2, 0.25) is 10.0 Å². The molecule has 1 amide bonds. The molecule has 1 aliphatic heterocycles. The van der Waals surface area contributed by atoms with E-state index in [9.17, 15) is 30.8 Å². The van der Waals surface area contributed by atoms with E-state index in [0.717, 1.165) is 29.6 Å². The highest BCUT2D eigenvalue weighted by atomic mass is 32.2. The number of carbonyl (C=O) groups is 1. The van der Waals surface area contributed by atoms with Crippen LogP contribution in [-0.4, -0.2) is 45.8 Å². The Bertz CT molecular complexity index is 1110.